The topological polar surface area (TPSA) is 72.2 Å². The smallest absolute Gasteiger partial charge is 0.245 e. The van der Waals surface area contributed by atoms with E-state index in [0.29, 0.717) is 35.1 Å². The van der Waals surface area contributed by atoms with Gasteiger partial charge in [0.2, 0.25) is 5.89 Å². The molecule has 2 aromatic rings. The van der Waals surface area contributed by atoms with Gasteiger partial charge >= 0.3 is 0 Å². The monoisotopic (exact) mass is 346 g/mol. The molecule has 0 fully saturated rings. The zero-order valence-electron chi connectivity index (χ0n) is 12.7. The van der Waals surface area contributed by atoms with Gasteiger partial charge in [-0.1, -0.05) is 16.8 Å². The maximum absolute atomic E-state index is 5.98. The summed E-state index contributed by atoms with van der Waals surface area (Å²) in [7, 11) is 3.51. The molecular weight excluding hydrogens is 327 g/mol. The fraction of sp³-hybridized carbons (Fsp3) is 0.429. The molecule has 22 heavy (non-hydrogen) atoms. The second-order valence-electron chi connectivity index (χ2n) is 4.70. The Kier molecular flexibility index (Phi) is 7.44. The van der Waals surface area contributed by atoms with Gasteiger partial charge in [0.05, 0.1) is 19.3 Å². The van der Waals surface area contributed by atoms with E-state index in [0.717, 1.165) is 12.1 Å². The van der Waals surface area contributed by atoms with E-state index in [1.54, 1.807) is 25.3 Å². The van der Waals surface area contributed by atoms with Crippen LogP contribution in [0.5, 0.6) is 5.75 Å². The molecule has 0 bridgehead atoms. The molecule has 0 aliphatic heterocycles. The highest BCUT2D eigenvalue weighted by molar-refractivity contribution is 6.30. The van der Waals surface area contributed by atoms with Crippen LogP contribution in [-0.2, 0) is 13.0 Å². The van der Waals surface area contributed by atoms with Gasteiger partial charge in [0, 0.05) is 17.5 Å². The van der Waals surface area contributed by atoms with Gasteiger partial charge in [-0.25, -0.2) is 0 Å². The Labute approximate surface area is 141 Å². The molecule has 0 amide bonds. The fourth-order valence-corrected chi connectivity index (χ4v) is 1.98. The largest absolute Gasteiger partial charge is 0.495 e. The summed E-state index contributed by atoms with van der Waals surface area (Å²) in [5.74, 6) is 1.92. The summed E-state index contributed by atoms with van der Waals surface area (Å²) >= 11 is 5.98. The van der Waals surface area contributed by atoms with Crippen molar-refractivity contribution >= 4 is 29.7 Å². The Morgan fingerprint density at radius 1 is 1.41 bits per heavy atom. The Balaban J connectivity index is 0.00000242. The molecule has 1 atom stereocenters. The van der Waals surface area contributed by atoms with E-state index in [-0.39, 0.29) is 12.4 Å². The standard InChI is InChI=1S/C14H19ClN4O2.ClH/c1-9(16-2)6-13-18-14(21-19-13)8-17-11-7-10(15)4-5-12(11)20-3;/h4-5,7,9,16-17H,6,8H2,1-3H3;1H. The summed E-state index contributed by atoms with van der Waals surface area (Å²) in [4.78, 5) is 4.34. The van der Waals surface area contributed by atoms with Crippen molar-refractivity contribution in [3.8, 4) is 5.75 Å². The quantitative estimate of drug-likeness (QED) is 0.802. The molecule has 0 spiro atoms. The van der Waals surface area contributed by atoms with Gasteiger partial charge in [0.15, 0.2) is 5.82 Å². The number of likely N-dealkylation sites (N-methyl/N-ethyl adjacent to an activating group) is 1. The Morgan fingerprint density at radius 2 is 2.18 bits per heavy atom. The van der Waals surface area contributed by atoms with Crippen molar-refractivity contribution in [2.75, 3.05) is 19.5 Å². The number of halogens is 2. The summed E-state index contributed by atoms with van der Waals surface area (Å²) in [5, 5.41) is 10.9. The molecule has 8 heteroatoms. The Morgan fingerprint density at radius 3 is 2.86 bits per heavy atom. The zero-order chi connectivity index (χ0) is 15.2. The van der Waals surface area contributed by atoms with Crippen LogP contribution in [-0.4, -0.2) is 30.3 Å². The molecule has 2 N–H and O–H groups in total. The van der Waals surface area contributed by atoms with Gasteiger partial charge in [-0.3, -0.25) is 0 Å². The summed E-state index contributed by atoms with van der Waals surface area (Å²) in [6, 6.07) is 5.67. The van der Waals surface area contributed by atoms with Crippen LogP contribution in [0.25, 0.3) is 0 Å². The SMILES string of the molecule is CNC(C)Cc1noc(CNc2cc(Cl)ccc2OC)n1.Cl. The van der Waals surface area contributed by atoms with Crippen molar-refractivity contribution in [1.82, 2.24) is 15.5 Å². The Bertz CT molecular complexity index is 592. The summed E-state index contributed by atoms with van der Waals surface area (Å²) in [6.07, 6.45) is 0.723. The molecule has 0 radical (unpaired) electrons. The van der Waals surface area contributed by atoms with Crippen molar-refractivity contribution in [1.29, 1.82) is 0 Å². The van der Waals surface area contributed by atoms with Crippen molar-refractivity contribution in [2.24, 2.45) is 0 Å². The lowest BCUT2D eigenvalue weighted by atomic mass is 10.2. The predicted molar refractivity (Wildman–Crippen MR) is 89.1 cm³/mol. The highest BCUT2D eigenvalue weighted by Crippen LogP contribution is 2.27. The minimum atomic E-state index is 0. The average Bonchev–Trinajstić information content (AvgIpc) is 2.92. The van der Waals surface area contributed by atoms with Gasteiger partial charge in [-0.15, -0.1) is 12.4 Å². The molecular formula is C14H20Cl2N4O2. The molecule has 1 heterocycles. The minimum absolute atomic E-state index is 0. The average molecular weight is 347 g/mol. The van der Waals surface area contributed by atoms with E-state index in [2.05, 4.69) is 27.7 Å². The molecule has 1 aromatic carbocycles. The number of benzene rings is 1. The van der Waals surface area contributed by atoms with Crippen molar-refractivity contribution in [3.05, 3.63) is 34.9 Å². The van der Waals surface area contributed by atoms with Crippen LogP contribution in [0.2, 0.25) is 5.02 Å². The van der Waals surface area contributed by atoms with Crippen LogP contribution in [0.15, 0.2) is 22.7 Å². The number of nitrogens with one attached hydrogen (secondary N) is 2. The minimum Gasteiger partial charge on any atom is -0.495 e. The summed E-state index contributed by atoms with van der Waals surface area (Å²) in [5.41, 5.74) is 0.786. The van der Waals surface area contributed by atoms with Crippen LogP contribution in [0.1, 0.15) is 18.6 Å². The molecule has 0 saturated heterocycles. The van der Waals surface area contributed by atoms with Gasteiger partial charge in [-0.05, 0) is 32.2 Å². The molecule has 0 saturated carbocycles. The maximum atomic E-state index is 5.98. The van der Waals surface area contributed by atoms with Crippen molar-refractivity contribution in [2.45, 2.75) is 25.9 Å². The van der Waals surface area contributed by atoms with E-state index in [4.69, 9.17) is 20.9 Å². The number of methoxy groups -OCH3 is 1. The molecule has 0 aliphatic carbocycles. The van der Waals surface area contributed by atoms with Crippen LogP contribution in [0.4, 0.5) is 5.69 Å². The van der Waals surface area contributed by atoms with Gasteiger partial charge in [-0.2, -0.15) is 4.98 Å². The molecule has 0 aliphatic rings. The first-order chi connectivity index (χ1) is 10.1. The van der Waals surface area contributed by atoms with Crippen molar-refractivity contribution < 1.29 is 9.26 Å². The molecule has 6 nitrogen and oxygen atoms in total. The summed E-state index contributed by atoms with van der Waals surface area (Å²) < 4.78 is 10.5. The van der Waals surface area contributed by atoms with E-state index < -0.39 is 0 Å². The third kappa shape index (κ3) is 5.05. The van der Waals surface area contributed by atoms with E-state index >= 15 is 0 Å². The molecule has 1 aromatic heterocycles. The fourth-order valence-electron chi connectivity index (χ4n) is 1.81. The number of anilines is 1. The van der Waals surface area contributed by atoms with Crippen LogP contribution in [0.3, 0.4) is 0 Å². The number of aromatic nitrogens is 2. The lowest BCUT2D eigenvalue weighted by molar-refractivity contribution is 0.375. The summed E-state index contributed by atoms with van der Waals surface area (Å²) in [6.45, 7) is 2.47. The van der Waals surface area contributed by atoms with Gasteiger partial charge in [0.1, 0.15) is 5.75 Å². The number of hydrogen-bond acceptors (Lipinski definition) is 6. The maximum Gasteiger partial charge on any atom is 0.245 e. The molecule has 2 rings (SSSR count). The van der Waals surface area contributed by atoms with Crippen LogP contribution >= 0.6 is 24.0 Å². The lowest BCUT2D eigenvalue weighted by Crippen LogP contribution is -2.24. The van der Waals surface area contributed by atoms with Crippen LogP contribution < -0.4 is 15.4 Å². The second-order valence-corrected chi connectivity index (χ2v) is 5.13. The predicted octanol–water partition coefficient (Wildman–Crippen LogP) is 2.92. The van der Waals surface area contributed by atoms with E-state index in [1.807, 2.05) is 7.05 Å². The zero-order valence-corrected chi connectivity index (χ0v) is 14.3. The highest BCUT2D eigenvalue weighted by Gasteiger charge is 2.10. The highest BCUT2D eigenvalue weighted by atomic mass is 35.5. The van der Waals surface area contributed by atoms with Gasteiger partial charge < -0.3 is 19.9 Å². The third-order valence-corrected chi connectivity index (χ3v) is 3.32. The third-order valence-electron chi connectivity index (χ3n) is 3.08. The van der Waals surface area contributed by atoms with Crippen LogP contribution in [0, 0.1) is 0 Å². The Hall–Kier alpha value is -1.50. The van der Waals surface area contributed by atoms with Gasteiger partial charge in [0.25, 0.3) is 0 Å². The normalized spacial score (nSPS) is 11.6. The van der Waals surface area contributed by atoms with E-state index in [9.17, 15) is 0 Å². The first kappa shape index (κ1) is 18.5. The van der Waals surface area contributed by atoms with E-state index in [1.165, 1.54) is 0 Å². The number of hydrogen-bond donors (Lipinski definition) is 2. The number of rotatable bonds is 7. The second kappa shape index (κ2) is 8.82. The molecule has 122 valence electrons. The first-order valence-corrected chi connectivity index (χ1v) is 7.06. The van der Waals surface area contributed by atoms with Crippen molar-refractivity contribution in [3.63, 3.8) is 0 Å². The molecule has 1 unspecified atom stereocenters. The first-order valence-electron chi connectivity index (χ1n) is 6.68. The number of ether oxygens (including phenoxy) is 1. The lowest BCUT2D eigenvalue weighted by Gasteiger charge is -2.09. The number of nitrogens with zero attached hydrogens (tertiary/aromatic N) is 2.